The molecule has 36 heavy (non-hydrogen) atoms. The molecule has 5 rings (SSSR count). The van der Waals surface area contributed by atoms with Gasteiger partial charge in [-0.1, -0.05) is 18.2 Å². The van der Waals surface area contributed by atoms with Gasteiger partial charge in [-0.05, 0) is 37.1 Å². The van der Waals surface area contributed by atoms with Crippen LogP contribution in [-0.2, 0) is 30.4 Å². The predicted octanol–water partition coefficient (Wildman–Crippen LogP) is 3.45. The molecule has 1 aliphatic rings. The summed E-state index contributed by atoms with van der Waals surface area (Å²) in [6, 6.07) is 13.2. The number of H-pyrrole nitrogens is 1. The van der Waals surface area contributed by atoms with E-state index in [1.807, 2.05) is 53.2 Å². The van der Waals surface area contributed by atoms with Crippen molar-refractivity contribution in [3.63, 3.8) is 0 Å². The number of nitrogens with one attached hydrogen (secondary N) is 2. The number of aryl methyl sites for hydroxylation is 1. The average Bonchev–Trinajstić information content (AvgIpc) is 3.50. The summed E-state index contributed by atoms with van der Waals surface area (Å²) in [5.41, 5.74) is 3.65. The molecule has 0 radical (unpaired) electrons. The van der Waals surface area contributed by atoms with Gasteiger partial charge in [0.1, 0.15) is 5.75 Å². The van der Waals surface area contributed by atoms with Gasteiger partial charge >= 0.3 is 0 Å². The molecule has 0 saturated heterocycles. The zero-order valence-corrected chi connectivity index (χ0v) is 20.6. The van der Waals surface area contributed by atoms with Gasteiger partial charge in [0.15, 0.2) is 0 Å². The number of carbonyl (C=O) groups excluding carboxylic acids is 2. The lowest BCUT2D eigenvalue weighted by Crippen LogP contribution is -2.22. The van der Waals surface area contributed by atoms with Crippen LogP contribution in [0.1, 0.15) is 24.0 Å². The van der Waals surface area contributed by atoms with Crippen LogP contribution in [0.2, 0.25) is 0 Å². The maximum absolute atomic E-state index is 13.1. The first kappa shape index (κ1) is 23.8. The SMILES string of the molecule is COc1ccc2c(c1)c(C1=C(c3c[nH]c4ccccc34)C(=O)NC1=O)cn2CCCCOS(C)(=O)=O. The highest BCUT2D eigenvalue weighted by molar-refractivity contribution is 7.85. The maximum Gasteiger partial charge on any atom is 0.264 e. The summed E-state index contributed by atoms with van der Waals surface area (Å²) >= 11 is 0. The molecule has 2 N–H and O–H groups in total. The van der Waals surface area contributed by atoms with Crippen molar-refractivity contribution in [2.24, 2.45) is 0 Å². The largest absolute Gasteiger partial charge is 0.497 e. The van der Waals surface area contributed by atoms with Crippen molar-refractivity contribution in [3.8, 4) is 5.75 Å². The third kappa shape index (κ3) is 4.40. The molecule has 9 nitrogen and oxygen atoms in total. The number of hydrogen-bond acceptors (Lipinski definition) is 6. The van der Waals surface area contributed by atoms with Gasteiger partial charge in [-0.25, -0.2) is 0 Å². The standard InChI is InChI=1S/C26H25N3O6S/c1-34-16-9-10-22-18(13-16)20(15-29(22)11-5-6-12-35-36(2,32)33)24-23(25(30)28-26(24)31)19-14-27-21-8-4-3-7-17(19)21/h3-4,7-10,13-15,27H,5-6,11-12H2,1-2H3,(H,28,30,31). The number of amides is 2. The van der Waals surface area contributed by atoms with Crippen LogP contribution < -0.4 is 10.1 Å². The maximum atomic E-state index is 13.1. The summed E-state index contributed by atoms with van der Waals surface area (Å²) in [6.45, 7) is 0.673. The number of ether oxygens (including phenoxy) is 1. The quantitative estimate of drug-likeness (QED) is 0.203. The second-order valence-corrected chi connectivity index (χ2v) is 10.3. The van der Waals surface area contributed by atoms with Gasteiger partial charge < -0.3 is 14.3 Å². The second-order valence-electron chi connectivity index (χ2n) is 8.63. The number of nitrogens with zero attached hydrogens (tertiary/aromatic N) is 1. The number of fused-ring (bicyclic) bond motifs is 2. The molecule has 0 saturated carbocycles. The van der Waals surface area contributed by atoms with E-state index in [2.05, 4.69) is 10.3 Å². The lowest BCUT2D eigenvalue weighted by molar-refractivity contribution is -0.122. The summed E-state index contributed by atoms with van der Waals surface area (Å²) < 4.78 is 34.7. The minimum absolute atomic E-state index is 0.103. The zero-order chi connectivity index (χ0) is 25.4. The van der Waals surface area contributed by atoms with E-state index >= 15 is 0 Å². The van der Waals surface area contributed by atoms with Crippen molar-refractivity contribution in [2.45, 2.75) is 19.4 Å². The van der Waals surface area contributed by atoms with E-state index in [-0.39, 0.29) is 6.61 Å². The highest BCUT2D eigenvalue weighted by Crippen LogP contribution is 2.39. The van der Waals surface area contributed by atoms with Gasteiger partial charge in [0.05, 0.1) is 31.1 Å². The monoisotopic (exact) mass is 507 g/mol. The van der Waals surface area contributed by atoms with Crippen LogP contribution in [0.25, 0.3) is 33.0 Å². The first-order valence-corrected chi connectivity index (χ1v) is 13.3. The topological polar surface area (TPSA) is 119 Å². The highest BCUT2D eigenvalue weighted by atomic mass is 32.2. The van der Waals surface area contributed by atoms with Gasteiger partial charge in [0.2, 0.25) is 0 Å². The Balaban J connectivity index is 1.60. The van der Waals surface area contributed by atoms with Crippen LogP contribution in [0, 0.1) is 0 Å². The Morgan fingerprint density at radius 1 is 0.944 bits per heavy atom. The molecule has 2 aromatic heterocycles. The summed E-state index contributed by atoms with van der Waals surface area (Å²) in [7, 11) is -1.91. The Morgan fingerprint density at radius 3 is 2.44 bits per heavy atom. The van der Waals surface area contributed by atoms with Crippen molar-refractivity contribution in [1.29, 1.82) is 0 Å². The molecule has 0 atom stereocenters. The van der Waals surface area contributed by atoms with E-state index < -0.39 is 21.9 Å². The third-order valence-electron chi connectivity index (χ3n) is 6.24. The Labute approximate surface area is 207 Å². The van der Waals surface area contributed by atoms with Crippen molar-refractivity contribution in [2.75, 3.05) is 20.0 Å². The smallest absolute Gasteiger partial charge is 0.264 e. The molecule has 0 unspecified atom stereocenters. The molecule has 0 fully saturated rings. The Morgan fingerprint density at radius 2 is 1.69 bits per heavy atom. The second kappa shape index (κ2) is 9.29. The van der Waals surface area contributed by atoms with Gasteiger partial charge in [0, 0.05) is 51.9 Å². The molecule has 0 bridgehead atoms. The Bertz CT molecular complexity index is 1640. The Hall–Kier alpha value is -3.89. The Kier molecular flexibility index (Phi) is 6.15. The number of imide groups is 1. The first-order valence-electron chi connectivity index (χ1n) is 11.4. The van der Waals surface area contributed by atoms with Crippen LogP contribution in [0.4, 0.5) is 0 Å². The summed E-state index contributed by atoms with van der Waals surface area (Å²) in [5, 5.41) is 4.09. The van der Waals surface area contributed by atoms with Crippen LogP contribution in [0.3, 0.4) is 0 Å². The predicted molar refractivity (Wildman–Crippen MR) is 137 cm³/mol. The van der Waals surface area contributed by atoms with Crippen molar-refractivity contribution >= 4 is 54.9 Å². The molecule has 0 aliphatic carbocycles. The van der Waals surface area contributed by atoms with Gasteiger partial charge in [-0.2, -0.15) is 8.42 Å². The number of para-hydroxylation sites is 1. The molecule has 2 aromatic carbocycles. The molecular weight excluding hydrogens is 482 g/mol. The molecule has 2 amide bonds. The minimum atomic E-state index is -3.48. The fraction of sp³-hybridized carbons (Fsp3) is 0.231. The van der Waals surface area contributed by atoms with E-state index in [1.54, 1.807) is 13.3 Å². The van der Waals surface area contributed by atoms with Crippen molar-refractivity contribution in [3.05, 3.63) is 66.0 Å². The lowest BCUT2D eigenvalue weighted by atomic mass is 9.95. The van der Waals surface area contributed by atoms with Crippen molar-refractivity contribution in [1.82, 2.24) is 14.9 Å². The number of carbonyl (C=O) groups is 2. The number of aromatic amines is 1. The number of rotatable bonds is 9. The average molecular weight is 508 g/mol. The van der Waals surface area contributed by atoms with E-state index in [0.29, 0.717) is 47.4 Å². The number of hydrogen-bond donors (Lipinski definition) is 2. The molecule has 186 valence electrons. The van der Waals surface area contributed by atoms with Gasteiger partial charge in [-0.3, -0.25) is 19.1 Å². The fourth-order valence-corrected chi connectivity index (χ4v) is 5.05. The molecular formula is C26H25N3O6S. The summed E-state index contributed by atoms with van der Waals surface area (Å²) in [5.74, 6) is -0.271. The van der Waals surface area contributed by atoms with Crippen LogP contribution in [0.15, 0.2) is 54.9 Å². The van der Waals surface area contributed by atoms with E-state index in [1.165, 1.54) is 0 Å². The van der Waals surface area contributed by atoms with Crippen LogP contribution >= 0.6 is 0 Å². The van der Waals surface area contributed by atoms with E-state index in [9.17, 15) is 18.0 Å². The molecule has 4 aromatic rings. The number of methoxy groups -OCH3 is 1. The van der Waals surface area contributed by atoms with Crippen molar-refractivity contribution < 1.29 is 26.9 Å². The summed E-state index contributed by atoms with van der Waals surface area (Å²) in [6.07, 6.45) is 5.84. The number of aromatic nitrogens is 2. The summed E-state index contributed by atoms with van der Waals surface area (Å²) in [4.78, 5) is 29.3. The lowest BCUT2D eigenvalue weighted by Gasteiger charge is -2.06. The fourth-order valence-electron chi connectivity index (χ4n) is 4.63. The molecule has 10 heteroatoms. The molecule has 3 heterocycles. The van der Waals surface area contributed by atoms with E-state index in [0.717, 1.165) is 28.1 Å². The number of unbranched alkanes of at least 4 members (excludes halogenated alkanes) is 1. The first-order chi connectivity index (χ1) is 17.3. The normalized spacial score (nSPS) is 14.3. The van der Waals surface area contributed by atoms with Gasteiger partial charge in [0.25, 0.3) is 21.9 Å². The third-order valence-corrected chi connectivity index (χ3v) is 6.83. The number of benzene rings is 2. The molecule has 1 aliphatic heterocycles. The minimum Gasteiger partial charge on any atom is -0.497 e. The van der Waals surface area contributed by atoms with Crippen LogP contribution in [0.5, 0.6) is 5.75 Å². The van der Waals surface area contributed by atoms with Gasteiger partial charge in [-0.15, -0.1) is 0 Å². The van der Waals surface area contributed by atoms with Crippen LogP contribution in [-0.4, -0.2) is 49.8 Å². The molecule has 0 spiro atoms. The highest BCUT2D eigenvalue weighted by Gasteiger charge is 2.35. The van der Waals surface area contributed by atoms with E-state index in [4.69, 9.17) is 8.92 Å². The zero-order valence-electron chi connectivity index (χ0n) is 19.8.